The van der Waals surface area contributed by atoms with Gasteiger partial charge in [-0.3, -0.25) is 4.72 Å². The Morgan fingerprint density at radius 3 is 2.58 bits per heavy atom. The predicted octanol–water partition coefficient (Wildman–Crippen LogP) is 2.60. The summed E-state index contributed by atoms with van der Waals surface area (Å²) in [6.45, 7) is 0. The molecule has 7 nitrogen and oxygen atoms in total. The zero-order valence-electron chi connectivity index (χ0n) is 11.7. The summed E-state index contributed by atoms with van der Waals surface area (Å²) in [5.74, 6) is -1.72. The first kappa shape index (κ1) is 16.3. The lowest BCUT2D eigenvalue weighted by molar-refractivity contribution is 0.583. The summed E-state index contributed by atoms with van der Waals surface area (Å²) in [5.41, 5.74) is -0.0892. The molecule has 1 aromatic heterocycles. The Morgan fingerprint density at radius 1 is 1.12 bits per heavy atom. The third-order valence-corrected chi connectivity index (χ3v) is 4.52. The summed E-state index contributed by atoms with van der Waals surface area (Å²) in [6, 6.07) is 6.36. The minimum Gasteiger partial charge on any atom is -0.277 e. The smallest absolute Gasteiger partial charge is 0.262 e. The molecular weight excluding hydrogens is 364 g/mol. The summed E-state index contributed by atoms with van der Waals surface area (Å²) < 4.78 is 53.4. The van der Waals surface area contributed by atoms with Crippen LogP contribution in [-0.2, 0) is 10.0 Å². The lowest BCUT2D eigenvalue weighted by Crippen LogP contribution is -2.14. The summed E-state index contributed by atoms with van der Waals surface area (Å²) >= 11 is 5.93. The molecule has 2 N–H and O–H groups in total. The molecule has 0 aliphatic rings. The number of nitrogens with zero attached hydrogens (tertiary/aromatic N) is 3. The molecule has 0 unspecified atom stereocenters. The molecule has 11 heteroatoms. The molecule has 3 rings (SSSR count). The van der Waals surface area contributed by atoms with Gasteiger partial charge in [-0.15, -0.1) is 10.2 Å². The monoisotopic (exact) mass is 371 g/mol. The van der Waals surface area contributed by atoms with Gasteiger partial charge in [-0.1, -0.05) is 11.6 Å². The summed E-state index contributed by atoms with van der Waals surface area (Å²) in [6.07, 6.45) is 0. The van der Waals surface area contributed by atoms with Crippen molar-refractivity contribution in [2.24, 2.45) is 0 Å². The van der Waals surface area contributed by atoms with Gasteiger partial charge in [0.1, 0.15) is 11.6 Å². The van der Waals surface area contributed by atoms with Crippen LogP contribution < -0.4 is 4.72 Å². The number of anilines is 1. The van der Waals surface area contributed by atoms with Crippen LogP contribution in [0.3, 0.4) is 0 Å². The third kappa shape index (κ3) is 3.34. The maximum Gasteiger partial charge on any atom is 0.262 e. The second kappa shape index (κ2) is 6.13. The van der Waals surface area contributed by atoms with Crippen molar-refractivity contribution >= 4 is 27.3 Å². The number of halogens is 3. The Hall–Kier alpha value is -2.59. The number of nitrogens with one attached hydrogen (secondary N) is 2. The SMILES string of the molecule is O=S(=O)(Nc1ccc(F)cc1F)c1cc(Cl)cc(-c2nn[nH]n2)c1. The third-order valence-electron chi connectivity index (χ3n) is 2.96. The standard InChI is InChI=1S/C13H8ClF2N5O2S/c14-8-3-7(13-17-20-21-18-13)4-10(5-8)24(22,23)19-12-2-1-9(15)6-11(12)16/h1-6,19H,(H,17,18,20,21). The molecular formula is C13H8ClF2N5O2S. The first-order valence-corrected chi connectivity index (χ1v) is 8.23. The van der Waals surface area contributed by atoms with E-state index < -0.39 is 27.3 Å². The lowest BCUT2D eigenvalue weighted by atomic mass is 10.2. The van der Waals surface area contributed by atoms with Crippen LogP contribution in [0.1, 0.15) is 0 Å². The number of hydrogen-bond donors (Lipinski definition) is 2. The Kier molecular flexibility index (Phi) is 4.16. The fourth-order valence-electron chi connectivity index (χ4n) is 1.91. The molecule has 0 saturated carbocycles. The fourth-order valence-corrected chi connectivity index (χ4v) is 3.34. The number of aromatic amines is 1. The van der Waals surface area contributed by atoms with Crippen LogP contribution in [0, 0.1) is 11.6 Å². The van der Waals surface area contributed by atoms with Crippen molar-refractivity contribution < 1.29 is 17.2 Å². The number of rotatable bonds is 4. The molecule has 2 aromatic carbocycles. The van der Waals surface area contributed by atoms with Crippen LogP contribution in [-0.4, -0.2) is 29.0 Å². The van der Waals surface area contributed by atoms with E-state index >= 15 is 0 Å². The van der Waals surface area contributed by atoms with Crippen LogP contribution in [0.2, 0.25) is 5.02 Å². The van der Waals surface area contributed by atoms with Gasteiger partial charge >= 0.3 is 0 Å². The highest BCUT2D eigenvalue weighted by Crippen LogP contribution is 2.26. The summed E-state index contributed by atoms with van der Waals surface area (Å²) in [5, 5.41) is 13.2. The fraction of sp³-hybridized carbons (Fsp3) is 0. The van der Waals surface area contributed by atoms with Crippen molar-refractivity contribution in [1.29, 1.82) is 0 Å². The van der Waals surface area contributed by atoms with Crippen molar-refractivity contribution in [3.63, 3.8) is 0 Å². The van der Waals surface area contributed by atoms with E-state index in [4.69, 9.17) is 11.6 Å². The summed E-state index contributed by atoms with van der Waals surface area (Å²) in [7, 11) is -4.17. The largest absolute Gasteiger partial charge is 0.277 e. The van der Waals surface area contributed by atoms with E-state index in [1.807, 2.05) is 4.72 Å². The van der Waals surface area contributed by atoms with Gasteiger partial charge in [0.2, 0.25) is 5.82 Å². The summed E-state index contributed by atoms with van der Waals surface area (Å²) in [4.78, 5) is -0.237. The van der Waals surface area contributed by atoms with Crippen LogP contribution in [0.4, 0.5) is 14.5 Å². The minimum atomic E-state index is -4.17. The molecule has 0 aliphatic carbocycles. The van der Waals surface area contributed by atoms with Crippen molar-refractivity contribution in [3.05, 3.63) is 53.1 Å². The average Bonchev–Trinajstić information content (AvgIpc) is 3.04. The minimum absolute atomic E-state index is 0.109. The number of hydrogen-bond acceptors (Lipinski definition) is 5. The van der Waals surface area contributed by atoms with Gasteiger partial charge in [-0.05, 0) is 35.5 Å². The van der Waals surface area contributed by atoms with E-state index in [0.29, 0.717) is 11.6 Å². The Labute approximate surface area is 139 Å². The Balaban J connectivity index is 2.00. The predicted molar refractivity (Wildman–Crippen MR) is 81.8 cm³/mol. The first-order chi connectivity index (χ1) is 11.3. The molecule has 0 saturated heterocycles. The number of H-pyrrole nitrogens is 1. The van der Waals surface area contributed by atoms with Crippen LogP contribution >= 0.6 is 11.6 Å². The Bertz CT molecular complexity index is 996. The zero-order valence-corrected chi connectivity index (χ0v) is 13.2. The molecule has 0 aliphatic heterocycles. The number of aromatic nitrogens is 4. The van der Waals surface area contributed by atoms with E-state index in [2.05, 4.69) is 20.6 Å². The molecule has 0 spiro atoms. The Morgan fingerprint density at radius 2 is 1.92 bits per heavy atom. The number of benzene rings is 2. The van der Waals surface area contributed by atoms with Gasteiger partial charge in [0, 0.05) is 16.7 Å². The highest BCUT2D eigenvalue weighted by Gasteiger charge is 2.19. The molecule has 3 aromatic rings. The normalized spacial score (nSPS) is 11.5. The van der Waals surface area contributed by atoms with Crippen molar-refractivity contribution in [2.75, 3.05) is 4.72 Å². The molecule has 124 valence electrons. The van der Waals surface area contributed by atoms with E-state index in [1.54, 1.807) is 0 Å². The first-order valence-electron chi connectivity index (χ1n) is 6.37. The van der Waals surface area contributed by atoms with Crippen molar-refractivity contribution in [2.45, 2.75) is 4.90 Å². The van der Waals surface area contributed by atoms with Gasteiger partial charge in [-0.2, -0.15) is 5.21 Å². The number of sulfonamides is 1. The van der Waals surface area contributed by atoms with Crippen LogP contribution in [0.15, 0.2) is 41.3 Å². The van der Waals surface area contributed by atoms with Gasteiger partial charge in [0.05, 0.1) is 10.6 Å². The molecule has 1 heterocycles. The molecule has 24 heavy (non-hydrogen) atoms. The van der Waals surface area contributed by atoms with E-state index in [0.717, 1.165) is 12.1 Å². The topological polar surface area (TPSA) is 101 Å². The van der Waals surface area contributed by atoms with Gasteiger partial charge < -0.3 is 0 Å². The van der Waals surface area contributed by atoms with Gasteiger partial charge in [-0.25, -0.2) is 17.2 Å². The van der Waals surface area contributed by atoms with E-state index in [-0.39, 0.29) is 15.7 Å². The van der Waals surface area contributed by atoms with Gasteiger partial charge in [0.25, 0.3) is 10.0 Å². The molecule has 0 radical (unpaired) electrons. The highest BCUT2D eigenvalue weighted by atomic mass is 35.5. The average molecular weight is 372 g/mol. The molecule has 0 amide bonds. The zero-order chi connectivity index (χ0) is 17.3. The van der Waals surface area contributed by atoms with E-state index in [1.165, 1.54) is 18.2 Å². The van der Waals surface area contributed by atoms with Crippen LogP contribution in [0.25, 0.3) is 11.4 Å². The lowest BCUT2D eigenvalue weighted by Gasteiger charge is -2.10. The second-order valence-electron chi connectivity index (χ2n) is 4.64. The van der Waals surface area contributed by atoms with Gasteiger partial charge in [0.15, 0.2) is 0 Å². The maximum atomic E-state index is 13.7. The van der Waals surface area contributed by atoms with Crippen molar-refractivity contribution in [1.82, 2.24) is 20.6 Å². The quantitative estimate of drug-likeness (QED) is 0.734. The highest BCUT2D eigenvalue weighted by molar-refractivity contribution is 7.92. The molecule has 0 fully saturated rings. The second-order valence-corrected chi connectivity index (χ2v) is 6.76. The maximum absolute atomic E-state index is 13.7. The van der Waals surface area contributed by atoms with Crippen molar-refractivity contribution in [3.8, 4) is 11.4 Å². The molecule has 0 atom stereocenters. The number of tetrazole rings is 1. The van der Waals surface area contributed by atoms with E-state index in [9.17, 15) is 17.2 Å². The van der Waals surface area contributed by atoms with Crippen LogP contribution in [0.5, 0.6) is 0 Å². The molecule has 0 bridgehead atoms.